The van der Waals surface area contributed by atoms with Gasteiger partial charge in [0.15, 0.2) is 0 Å². The van der Waals surface area contributed by atoms with Crippen LogP contribution in [0.15, 0.2) is 60.7 Å². The molecular formula is C23H25N3O2. The molecule has 0 saturated heterocycles. The Labute approximate surface area is 165 Å². The van der Waals surface area contributed by atoms with E-state index in [2.05, 4.69) is 17.3 Å². The van der Waals surface area contributed by atoms with Gasteiger partial charge in [0, 0.05) is 0 Å². The van der Waals surface area contributed by atoms with Crippen LogP contribution in [0.1, 0.15) is 53.1 Å². The molecule has 5 heteroatoms. The number of carbonyl (C=O) groups excluding carboxylic acids is 2. The van der Waals surface area contributed by atoms with E-state index in [-0.39, 0.29) is 6.04 Å². The molecule has 2 aromatic carbocycles. The molecule has 0 unspecified atom stereocenters. The Balaban J connectivity index is 1.85. The van der Waals surface area contributed by atoms with Crippen molar-refractivity contribution >= 4 is 11.7 Å². The second kappa shape index (κ2) is 8.65. The molecule has 0 radical (unpaired) electrons. The van der Waals surface area contributed by atoms with Gasteiger partial charge < -0.3 is 5.32 Å². The zero-order valence-corrected chi connectivity index (χ0v) is 16.5. The monoisotopic (exact) mass is 375 g/mol. The van der Waals surface area contributed by atoms with E-state index in [0.717, 1.165) is 24.1 Å². The maximum atomic E-state index is 12.9. The molecule has 5 nitrogen and oxygen atoms in total. The van der Waals surface area contributed by atoms with Gasteiger partial charge in [0.05, 0.1) is 28.7 Å². The van der Waals surface area contributed by atoms with Crippen molar-refractivity contribution in [2.75, 3.05) is 0 Å². The highest BCUT2D eigenvalue weighted by Crippen LogP contribution is 2.21. The Morgan fingerprint density at radius 3 is 2.21 bits per heavy atom. The Kier molecular flexibility index (Phi) is 6.04. The van der Waals surface area contributed by atoms with Crippen LogP contribution in [0.2, 0.25) is 0 Å². The number of benzene rings is 2. The maximum Gasteiger partial charge on any atom is 0.293 e. The summed E-state index contributed by atoms with van der Waals surface area (Å²) in [6.07, 6.45) is 1.67. The van der Waals surface area contributed by atoms with E-state index in [4.69, 9.17) is 0 Å². The predicted molar refractivity (Wildman–Crippen MR) is 110 cm³/mol. The topological polar surface area (TPSA) is 64.0 Å². The molecule has 1 heterocycles. The van der Waals surface area contributed by atoms with E-state index in [0.29, 0.717) is 17.0 Å². The van der Waals surface area contributed by atoms with Gasteiger partial charge in [0.1, 0.15) is 0 Å². The molecule has 0 aliphatic rings. The average molecular weight is 375 g/mol. The van der Waals surface area contributed by atoms with E-state index in [1.54, 1.807) is 11.6 Å². The molecule has 3 aromatic rings. The number of amides is 1. The summed E-state index contributed by atoms with van der Waals surface area (Å²) in [7, 11) is 0. The van der Waals surface area contributed by atoms with Crippen molar-refractivity contribution in [3.05, 3.63) is 83.2 Å². The van der Waals surface area contributed by atoms with Gasteiger partial charge >= 0.3 is 0 Å². The molecule has 0 bridgehead atoms. The van der Waals surface area contributed by atoms with Crippen LogP contribution in [0.3, 0.4) is 0 Å². The van der Waals surface area contributed by atoms with Crippen molar-refractivity contribution in [2.24, 2.45) is 0 Å². The quantitative estimate of drug-likeness (QED) is 0.494. The summed E-state index contributed by atoms with van der Waals surface area (Å²) in [5.41, 5.74) is 3.43. The van der Waals surface area contributed by atoms with Crippen LogP contribution >= 0.6 is 0 Å². The molecule has 0 aliphatic carbocycles. The molecular weight excluding hydrogens is 350 g/mol. The minimum atomic E-state index is -0.596. The number of rotatable bonds is 7. The summed E-state index contributed by atoms with van der Waals surface area (Å²) < 4.78 is 1.70. The fourth-order valence-electron chi connectivity index (χ4n) is 3.43. The Morgan fingerprint density at radius 1 is 1.00 bits per heavy atom. The maximum absolute atomic E-state index is 12.9. The van der Waals surface area contributed by atoms with Gasteiger partial charge in [0.25, 0.3) is 11.7 Å². The Morgan fingerprint density at radius 2 is 1.61 bits per heavy atom. The zero-order valence-electron chi connectivity index (χ0n) is 16.5. The predicted octanol–water partition coefficient (Wildman–Crippen LogP) is 4.33. The third-order valence-corrected chi connectivity index (χ3v) is 4.81. The smallest absolute Gasteiger partial charge is 0.293 e. The summed E-state index contributed by atoms with van der Waals surface area (Å²) in [5.74, 6) is -1.14. The van der Waals surface area contributed by atoms with Gasteiger partial charge in [0.2, 0.25) is 0 Å². The highest BCUT2D eigenvalue weighted by atomic mass is 16.2. The Bertz CT molecular complexity index is 962. The van der Waals surface area contributed by atoms with Crippen LogP contribution in [0.5, 0.6) is 0 Å². The van der Waals surface area contributed by atoms with Crippen molar-refractivity contribution in [2.45, 2.75) is 39.7 Å². The van der Waals surface area contributed by atoms with Crippen LogP contribution in [0, 0.1) is 13.8 Å². The number of aryl methyl sites for hydroxylation is 1. The van der Waals surface area contributed by atoms with E-state index < -0.39 is 11.7 Å². The second-order valence-electron chi connectivity index (χ2n) is 6.85. The lowest BCUT2D eigenvalue weighted by Crippen LogP contribution is -2.35. The molecule has 0 saturated carbocycles. The van der Waals surface area contributed by atoms with E-state index in [1.807, 2.05) is 67.6 Å². The number of carbonyl (C=O) groups is 2. The summed E-state index contributed by atoms with van der Waals surface area (Å²) in [6, 6.07) is 19.1. The summed E-state index contributed by atoms with van der Waals surface area (Å²) >= 11 is 0. The molecule has 28 heavy (non-hydrogen) atoms. The first-order valence-corrected chi connectivity index (χ1v) is 9.54. The molecule has 0 aliphatic heterocycles. The van der Waals surface area contributed by atoms with E-state index in [9.17, 15) is 9.59 Å². The van der Waals surface area contributed by atoms with Crippen molar-refractivity contribution < 1.29 is 9.59 Å². The molecule has 0 spiro atoms. The minimum Gasteiger partial charge on any atom is -0.342 e. The highest BCUT2D eigenvalue weighted by Gasteiger charge is 2.27. The van der Waals surface area contributed by atoms with Gasteiger partial charge in [-0.1, -0.05) is 61.9 Å². The van der Waals surface area contributed by atoms with E-state index in [1.165, 1.54) is 0 Å². The third-order valence-electron chi connectivity index (χ3n) is 4.81. The third kappa shape index (κ3) is 4.03. The molecule has 1 atom stereocenters. The lowest BCUT2D eigenvalue weighted by atomic mass is 10.0. The van der Waals surface area contributed by atoms with Gasteiger partial charge in [-0.15, -0.1) is 0 Å². The fourth-order valence-corrected chi connectivity index (χ4v) is 3.43. The Hall–Kier alpha value is -3.21. The number of ketones is 1. The summed E-state index contributed by atoms with van der Waals surface area (Å²) in [4.78, 5) is 25.7. The van der Waals surface area contributed by atoms with Crippen LogP contribution in [-0.2, 0) is 4.79 Å². The van der Waals surface area contributed by atoms with Gasteiger partial charge in [-0.2, -0.15) is 5.10 Å². The van der Waals surface area contributed by atoms with Crippen molar-refractivity contribution in [1.29, 1.82) is 0 Å². The lowest BCUT2D eigenvalue weighted by molar-refractivity contribution is -0.117. The van der Waals surface area contributed by atoms with Gasteiger partial charge in [-0.05, 0) is 38.0 Å². The number of nitrogens with one attached hydrogen (secondary N) is 1. The summed E-state index contributed by atoms with van der Waals surface area (Å²) in [5, 5.41) is 7.38. The molecule has 0 fully saturated rings. The van der Waals surface area contributed by atoms with Crippen molar-refractivity contribution in [3.63, 3.8) is 0 Å². The fraction of sp³-hybridized carbons (Fsp3) is 0.261. The van der Waals surface area contributed by atoms with Crippen LogP contribution in [0.4, 0.5) is 0 Å². The SMILES string of the molecule is CCC[C@H](NC(=O)C(=O)c1c(C)nn(-c2ccccc2)c1C)c1ccccc1. The second-order valence-corrected chi connectivity index (χ2v) is 6.85. The molecule has 1 amide bonds. The number of hydrogen-bond acceptors (Lipinski definition) is 3. The van der Waals surface area contributed by atoms with Crippen LogP contribution in [0.25, 0.3) is 5.69 Å². The normalized spacial score (nSPS) is 11.8. The number of Topliss-reactive ketones (excluding diaryl/α,β-unsaturated/α-hetero) is 1. The minimum absolute atomic E-state index is 0.188. The van der Waals surface area contributed by atoms with Crippen LogP contribution < -0.4 is 5.32 Å². The van der Waals surface area contributed by atoms with Crippen LogP contribution in [-0.4, -0.2) is 21.5 Å². The molecule has 3 rings (SSSR count). The van der Waals surface area contributed by atoms with Gasteiger partial charge in [-0.25, -0.2) is 4.68 Å². The largest absolute Gasteiger partial charge is 0.342 e. The van der Waals surface area contributed by atoms with Gasteiger partial charge in [-0.3, -0.25) is 9.59 Å². The number of nitrogens with zero attached hydrogens (tertiary/aromatic N) is 2. The first-order chi connectivity index (χ1) is 13.5. The first-order valence-electron chi connectivity index (χ1n) is 9.54. The number of aromatic nitrogens is 2. The standard InChI is InChI=1S/C23H25N3O2/c1-4-11-20(18-12-7-5-8-13-18)24-23(28)22(27)21-16(2)25-26(17(21)3)19-14-9-6-10-15-19/h5-10,12-15,20H,4,11H2,1-3H3,(H,24,28)/t20-/m0/s1. The first kappa shape index (κ1) is 19.5. The number of hydrogen-bond donors (Lipinski definition) is 1. The molecule has 1 aromatic heterocycles. The van der Waals surface area contributed by atoms with Crippen molar-refractivity contribution in [1.82, 2.24) is 15.1 Å². The van der Waals surface area contributed by atoms with E-state index >= 15 is 0 Å². The highest BCUT2D eigenvalue weighted by molar-refractivity contribution is 6.43. The van der Waals surface area contributed by atoms with Crippen molar-refractivity contribution in [3.8, 4) is 5.69 Å². The zero-order chi connectivity index (χ0) is 20.1. The molecule has 144 valence electrons. The summed E-state index contributed by atoms with van der Waals surface area (Å²) in [6.45, 7) is 5.63. The average Bonchev–Trinajstić information content (AvgIpc) is 3.02. The lowest BCUT2D eigenvalue weighted by Gasteiger charge is -2.18. The number of para-hydroxylation sites is 1. The molecule has 1 N–H and O–H groups in total.